The molecule has 1 aromatic heterocycles. The molecule has 6 rings (SSSR count). The topological polar surface area (TPSA) is 59.1 Å². The number of hydrogen-bond acceptors (Lipinski definition) is 5. The Kier molecular flexibility index (Phi) is 6.94. The van der Waals surface area contributed by atoms with Crippen LogP contribution in [-0.4, -0.2) is 27.8 Å². The monoisotopic (exact) mass is 504 g/mol. The van der Waals surface area contributed by atoms with Gasteiger partial charge in [-0.05, 0) is 51.4 Å². The van der Waals surface area contributed by atoms with Crippen molar-refractivity contribution < 1.29 is 22.3 Å². The van der Waals surface area contributed by atoms with Crippen LogP contribution in [0.1, 0.15) is 86.3 Å². The molecule has 9 heteroatoms. The second-order valence-corrected chi connectivity index (χ2v) is 10.4. The number of fused-ring (bicyclic) bond motifs is 3. The van der Waals surface area contributed by atoms with Crippen LogP contribution in [0.4, 0.5) is 23.4 Å². The average molecular weight is 505 g/mol. The Labute approximate surface area is 208 Å². The molecule has 2 aromatic rings. The van der Waals surface area contributed by atoms with Crippen molar-refractivity contribution in [2.24, 2.45) is 0 Å². The second-order valence-electron chi connectivity index (χ2n) is 10.4. The number of nitrogens with one attached hydrogen (secondary N) is 2. The highest BCUT2D eigenvalue weighted by Gasteiger charge is 2.49. The van der Waals surface area contributed by atoms with E-state index >= 15 is 0 Å². The van der Waals surface area contributed by atoms with Crippen LogP contribution in [0.5, 0.6) is 0 Å². The van der Waals surface area contributed by atoms with Gasteiger partial charge in [-0.2, -0.15) is 0 Å². The van der Waals surface area contributed by atoms with Gasteiger partial charge in [-0.3, -0.25) is 0 Å². The summed E-state index contributed by atoms with van der Waals surface area (Å²) < 4.78 is 61.4. The number of rotatable bonds is 9. The summed E-state index contributed by atoms with van der Waals surface area (Å²) in [6.45, 7) is 4.87. The van der Waals surface area contributed by atoms with E-state index in [0.29, 0.717) is 38.1 Å². The van der Waals surface area contributed by atoms with E-state index in [0.717, 1.165) is 55.1 Å². The molecular weight excluding hydrogens is 472 g/mol. The van der Waals surface area contributed by atoms with E-state index in [2.05, 4.69) is 27.2 Å². The summed E-state index contributed by atoms with van der Waals surface area (Å²) in [6.07, 6.45) is 4.61. The minimum atomic E-state index is -2.88. The highest BCUT2D eigenvalue weighted by molar-refractivity contribution is 5.49. The number of ether oxygens (including phenoxy) is 1. The van der Waals surface area contributed by atoms with Crippen molar-refractivity contribution in [1.29, 1.82) is 0 Å². The number of anilines is 1. The minimum absolute atomic E-state index is 0.00411. The normalized spacial score (nSPS) is 27.4. The molecule has 2 bridgehead atoms. The lowest BCUT2D eigenvalue weighted by Gasteiger charge is -2.50. The summed E-state index contributed by atoms with van der Waals surface area (Å²) in [5.74, 6) is -0.417. The summed E-state index contributed by atoms with van der Waals surface area (Å²) in [5.41, 5.74) is 0.750. The van der Waals surface area contributed by atoms with Gasteiger partial charge in [0.15, 0.2) is 0 Å². The fourth-order valence-electron chi connectivity index (χ4n) is 5.89. The van der Waals surface area contributed by atoms with E-state index in [-0.39, 0.29) is 23.8 Å². The van der Waals surface area contributed by atoms with Crippen molar-refractivity contribution in [2.45, 2.75) is 88.1 Å². The molecule has 5 nitrogen and oxygen atoms in total. The van der Waals surface area contributed by atoms with Crippen molar-refractivity contribution in [1.82, 2.24) is 15.3 Å². The highest BCUT2D eigenvalue weighted by atomic mass is 19.3. The molecule has 4 aliphatic rings. The Balaban J connectivity index is 1.34. The van der Waals surface area contributed by atoms with Crippen molar-refractivity contribution >= 4 is 5.82 Å². The van der Waals surface area contributed by atoms with Gasteiger partial charge in [0, 0.05) is 41.9 Å². The van der Waals surface area contributed by atoms with Gasteiger partial charge in [0.05, 0.1) is 17.4 Å². The summed E-state index contributed by atoms with van der Waals surface area (Å²) in [5, 5.41) is 6.73. The summed E-state index contributed by atoms with van der Waals surface area (Å²) in [6, 6.07) is 3.99. The van der Waals surface area contributed by atoms with Crippen LogP contribution in [0.15, 0.2) is 36.8 Å². The summed E-state index contributed by atoms with van der Waals surface area (Å²) in [7, 11) is 0. The predicted octanol–water partition coefficient (Wildman–Crippen LogP) is 6.48. The van der Waals surface area contributed by atoms with Crippen LogP contribution in [0.3, 0.4) is 0 Å². The van der Waals surface area contributed by atoms with E-state index in [4.69, 9.17) is 4.74 Å². The van der Waals surface area contributed by atoms with Crippen LogP contribution >= 0.6 is 0 Å². The van der Waals surface area contributed by atoms with Crippen LogP contribution in [-0.2, 0) is 17.7 Å². The quantitative estimate of drug-likeness (QED) is 0.383. The van der Waals surface area contributed by atoms with Gasteiger partial charge in [-0.25, -0.2) is 27.5 Å². The Morgan fingerprint density at radius 2 is 1.89 bits per heavy atom. The van der Waals surface area contributed by atoms with Gasteiger partial charge >= 0.3 is 0 Å². The third-order valence-electron chi connectivity index (χ3n) is 7.99. The summed E-state index contributed by atoms with van der Waals surface area (Å²) in [4.78, 5) is 8.92. The van der Waals surface area contributed by atoms with Crippen molar-refractivity contribution in [3.63, 3.8) is 0 Å². The number of allylic oxidation sites excluding steroid dienone is 1. The largest absolute Gasteiger partial charge is 0.383 e. The third-order valence-corrected chi connectivity index (χ3v) is 7.99. The standard InChI is InChI=1S/C27H32F4N4O/c1-17(35-27-10-7-26(31,8-11-27)9-12-27)14-20-22(21-6-3-13-36-21)25(34-16-33-20)32-15-18-4-2-5-19(23(18)28)24(29)30/h2,4-5,16,21,24,35H,1,3,6-15H2,(H,32,33,34). The van der Waals surface area contributed by atoms with Gasteiger partial charge in [0.25, 0.3) is 6.43 Å². The zero-order valence-corrected chi connectivity index (χ0v) is 20.3. The van der Waals surface area contributed by atoms with Crippen LogP contribution in [0, 0.1) is 5.82 Å². The van der Waals surface area contributed by atoms with Crippen LogP contribution in [0.2, 0.25) is 0 Å². The van der Waals surface area contributed by atoms with Crippen molar-refractivity contribution in [2.75, 3.05) is 11.9 Å². The maximum absolute atomic E-state index is 14.6. The molecule has 194 valence electrons. The maximum Gasteiger partial charge on any atom is 0.266 e. The van der Waals surface area contributed by atoms with Crippen molar-refractivity contribution in [3.8, 4) is 0 Å². The average Bonchev–Trinajstić information content (AvgIpc) is 3.39. The SMILES string of the molecule is C=C(Cc1ncnc(NCc2cccc(C(F)F)c2F)c1C1CCCO1)NC12CCC(F)(CC1)CC2. The third kappa shape index (κ3) is 5.08. The first-order chi connectivity index (χ1) is 17.3. The summed E-state index contributed by atoms with van der Waals surface area (Å²) >= 11 is 0. The molecule has 1 saturated heterocycles. The highest BCUT2D eigenvalue weighted by Crippen LogP contribution is 2.49. The van der Waals surface area contributed by atoms with E-state index in [9.17, 15) is 17.6 Å². The zero-order valence-electron chi connectivity index (χ0n) is 20.3. The lowest BCUT2D eigenvalue weighted by Crippen LogP contribution is -2.55. The first-order valence-electron chi connectivity index (χ1n) is 12.7. The number of hydrogen-bond donors (Lipinski definition) is 2. The number of nitrogens with zero attached hydrogens (tertiary/aromatic N) is 2. The lowest BCUT2D eigenvalue weighted by molar-refractivity contribution is -0.00432. The van der Waals surface area contributed by atoms with E-state index in [1.165, 1.54) is 18.5 Å². The Morgan fingerprint density at radius 3 is 2.56 bits per heavy atom. The number of halogens is 4. The van der Waals surface area contributed by atoms with Gasteiger partial charge in [-0.15, -0.1) is 0 Å². The molecule has 0 radical (unpaired) electrons. The molecule has 1 unspecified atom stereocenters. The van der Waals surface area contributed by atoms with E-state index in [1.54, 1.807) is 0 Å². The zero-order chi connectivity index (χ0) is 25.3. The van der Waals surface area contributed by atoms with Crippen LogP contribution in [0.25, 0.3) is 0 Å². The van der Waals surface area contributed by atoms with Gasteiger partial charge in [-0.1, -0.05) is 24.8 Å². The molecule has 36 heavy (non-hydrogen) atoms. The smallest absolute Gasteiger partial charge is 0.266 e. The first kappa shape index (κ1) is 25.0. The van der Waals surface area contributed by atoms with Crippen molar-refractivity contribution in [3.05, 3.63) is 65.0 Å². The first-order valence-corrected chi connectivity index (χ1v) is 12.7. The Hall–Kier alpha value is -2.68. The van der Waals surface area contributed by atoms with Gasteiger partial charge in [0.1, 0.15) is 23.6 Å². The Bertz CT molecular complexity index is 1090. The minimum Gasteiger partial charge on any atom is -0.383 e. The molecule has 4 fully saturated rings. The van der Waals surface area contributed by atoms with E-state index in [1.807, 2.05) is 0 Å². The molecule has 2 heterocycles. The lowest BCUT2D eigenvalue weighted by atomic mass is 9.64. The molecule has 1 aliphatic heterocycles. The number of alkyl halides is 3. The molecule has 2 N–H and O–H groups in total. The second kappa shape index (κ2) is 10.00. The molecule has 0 spiro atoms. The van der Waals surface area contributed by atoms with E-state index < -0.39 is 23.5 Å². The molecule has 1 atom stereocenters. The molecule has 3 saturated carbocycles. The Morgan fingerprint density at radius 1 is 1.14 bits per heavy atom. The fraction of sp³-hybridized carbons (Fsp3) is 0.556. The number of benzene rings is 1. The van der Waals surface area contributed by atoms with Gasteiger partial charge < -0.3 is 15.4 Å². The number of aromatic nitrogens is 2. The predicted molar refractivity (Wildman–Crippen MR) is 129 cm³/mol. The fourth-order valence-corrected chi connectivity index (χ4v) is 5.89. The maximum atomic E-state index is 14.6. The van der Waals surface area contributed by atoms with Crippen LogP contribution < -0.4 is 10.6 Å². The van der Waals surface area contributed by atoms with Gasteiger partial charge in [0.2, 0.25) is 0 Å². The molecular formula is C27H32F4N4O. The molecule has 3 aliphatic carbocycles. The molecule has 1 aromatic carbocycles. The molecule has 0 amide bonds.